The SMILES string of the molecule is CN(C(=O)C1O[C@H](CO)[C@H](O)[C@H](n2cc(-c3cc(F)c(Cl)c(F)c3)nn2)[C@H]1O)c1cc(Cl)ccc1C(F)(F)F. The third-order valence-electron chi connectivity index (χ3n) is 6.19. The monoisotopic (exact) mass is 596 g/mol. The lowest BCUT2D eigenvalue weighted by Gasteiger charge is -2.42. The van der Waals surface area contributed by atoms with E-state index in [1.807, 2.05) is 0 Å². The fourth-order valence-electron chi connectivity index (χ4n) is 4.21. The highest BCUT2D eigenvalue weighted by atomic mass is 35.5. The van der Waals surface area contributed by atoms with Crippen LogP contribution in [0.2, 0.25) is 10.0 Å². The Labute approximate surface area is 226 Å². The summed E-state index contributed by atoms with van der Waals surface area (Å²) in [5.41, 5.74) is -2.02. The van der Waals surface area contributed by atoms with Crippen LogP contribution in [-0.4, -0.2) is 74.3 Å². The van der Waals surface area contributed by atoms with Crippen LogP contribution < -0.4 is 4.90 Å². The van der Waals surface area contributed by atoms with Crippen molar-refractivity contribution in [1.29, 1.82) is 0 Å². The molecule has 9 nitrogen and oxygen atoms in total. The molecule has 5 atom stereocenters. The molecule has 0 radical (unpaired) electrons. The maximum Gasteiger partial charge on any atom is 0.418 e. The van der Waals surface area contributed by atoms with E-state index in [0.717, 1.165) is 42.2 Å². The molecule has 1 amide bonds. The number of halogens is 7. The van der Waals surface area contributed by atoms with Crippen LogP contribution >= 0.6 is 23.2 Å². The molecule has 3 aromatic rings. The first kappa shape index (κ1) is 29.1. The average Bonchev–Trinajstić information content (AvgIpc) is 3.35. The van der Waals surface area contributed by atoms with Crippen molar-refractivity contribution in [3.63, 3.8) is 0 Å². The van der Waals surface area contributed by atoms with Gasteiger partial charge in [0.2, 0.25) is 0 Å². The van der Waals surface area contributed by atoms with Crippen LogP contribution in [0.1, 0.15) is 11.6 Å². The van der Waals surface area contributed by atoms with Crippen molar-refractivity contribution in [1.82, 2.24) is 15.0 Å². The predicted molar refractivity (Wildman–Crippen MR) is 127 cm³/mol. The van der Waals surface area contributed by atoms with Crippen molar-refractivity contribution < 1.29 is 46.8 Å². The lowest BCUT2D eigenvalue weighted by molar-refractivity contribution is -0.205. The third kappa shape index (κ3) is 5.58. The first-order valence-electron chi connectivity index (χ1n) is 11.1. The average molecular weight is 597 g/mol. The van der Waals surface area contributed by atoms with Crippen LogP contribution in [0.3, 0.4) is 0 Å². The van der Waals surface area contributed by atoms with Crippen LogP contribution in [0.5, 0.6) is 0 Å². The molecule has 210 valence electrons. The summed E-state index contributed by atoms with van der Waals surface area (Å²) < 4.78 is 74.9. The Kier molecular flexibility index (Phi) is 8.17. The van der Waals surface area contributed by atoms with Crippen LogP contribution in [-0.2, 0) is 15.7 Å². The van der Waals surface area contributed by atoms with E-state index in [2.05, 4.69) is 10.3 Å². The first-order valence-corrected chi connectivity index (χ1v) is 11.8. The van der Waals surface area contributed by atoms with Gasteiger partial charge >= 0.3 is 6.18 Å². The summed E-state index contributed by atoms with van der Waals surface area (Å²) in [6.07, 6.45) is -10.8. The molecule has 0 spiro atoms. The molecule has 0 bridgehead atoms. The molecule has 1 aliphatic rings. The summed E-state index contributed by atoms with van der Waals surface area (Å²) in [6.45, 7) is -0.849. The molecular weight excluding hydrogens is 578 g/mol. The predicted octanol–water partition coefficient (Wildman–Crippen LogP) is 3.23. The normalized spacial score (nSPS) is 23.6. The highest BCUT2D eigenvalue weighted by Gasteiger charge is 2.50. The number of nitrogens with zero attached hydrogens (tertiary/aromatic N) is 4. The number of carbonyl (C=O) groups is 1. The van der Waals surface area contributed by atoms with Gasteiger partial charge in [0.05, 0.1) is 24.1 Å². The zero-order valence-electron chi connectivity index (χ0n) is 19.7. The summed E-state index contributed by atoms with van der Waals surface area (Å²) in [5, 5.41) is 38.2. The Hall–Kier alpha value is -2.88. The third-order valence-corrected chi connectivity index (χ3v) is 6.78. The van der Waals surface area contributed by atoms with Crippen LogP contribution in [0.15, 0.2) is 36.5 Å². The van der Waals surface area contributed by atoms with Gasteiger partial charge in [0, 0.05) is 17.6 Å². The second kappa shape index (κ2) is 10.9. The quantitative estimate of drug-likeness (QED) is 0.305. The number of rotatable bonds is 5. The lowest BCUT2D eigenvalue weighted by atomic mass is 9.91. The molecule has 39 heavy (non-hydrogen) atoms. The molecule has 1 aromatic heterocycles. The molecule has 1 fully saturated rings. The Bertz CT molecular complexity index is 1370. The van der Waals surface area contributed by atoms with Crippen molar-refractivity contribution in [2.24, 2.45) is 0 Å². The summed E-state index contributed by atoms with van der Waals surface area (Å²) in [5.74, 6) is -3.32. The number of carbonyl (C=O) groups excluding carboxylic acids is 1. The van der Waals surface area contributed by atoms with E-state index in [9.17, 15) is 42.1 Å². The largest absolute Gasteiger partial charge is 0.418 e. The minimum atomic E-state index is -4.86. The summed E-state index contributed by atoms with van der Waals surface area (Å²) >= 11 is 11.3. The highest BCUT2D eigenvalue weighted by molar-refractivity contribution is 6.31. The van der Waals surface area contributed by atoms with E-state index in [1.54, 1.807) is 0 Å². The van der Waals surface area contributed by atoms with E-state index < -0.39 is 77.1 Å². The zero-order valence-corrected chi connectivity index (χ0v) is 21.2. The van der Waals surface area contributed by atoms with Crippen molar-refractivity contribution >= 4 is 34.8 Å². The van der Waals surface area contributed by atoms with Gasteiger partial charge in [-0.25, -0.2) is 13.5 Å². The summed E-state index contributed by atoms with van der Waals surface area (Å²) in [4.78, 5) is 13.9. The number of likely N-dealkylation sites (N-methyl/N-ethyl adjacent to an activating group) is 1. The van der Waals surface area contributed by atoms with Crippen LogP contribution in [0.4, 0.5) is 27.6 Å². The van der Waals surface area contributed by atoms with Crippen LogP contribution in [0.25, 0.3) is 11.3 Å². The van der Waals surface area contributed by atoms with Gasteiger partial charge in [-0.15, -0.1) is 5.10 Å². The number of hydrogen-bond donors (Lipinski definition) is 3. The van der Waals surface area contributed by atoms with Crippen molar-refractivity contribution in [2.75, 3.05) is 18.6 Å². The number of benzene rings is 2. The number of ether oxygens (including phenoxy) is 1. The number of alkyl halides is 3. The molecule has 1 aliphatic heterocycles. The smallest absolute Gasteiger partial charge is 0.394 e. The number of amides is 1. The number of aromatic nitrogens is 3. The molecule has 1 saturated heterocycles. The van der Waals surface area contributed by atoms with Crippen molar-refractivity contribution in [3.05, 3.63) is 63.8 Å². The molecule has 1 unspecified atom stereocenters. The Morgan fingerprint density at radius 1 is 1.13 bits per heavy atom. The maximum atomic E-state index is 13.9. The van der Waals surface area contributed by atoms with Gasteiger partial charge in [0.15, 0.2) is 6.10 Å². The topological polar surface area (TPSA) is 121 Å². The van der Waals surface area contributed by atoms with E-state index in [1.165, 1.54) is 0 Å². The molecular formula is C23H19Cl2F5N4O5. The second-order valence-corrected chi connectivity index (χ2v) is 9.46. The van der Waals surface area contributed by atoms with Gasteiger partial charge in [-0.05, 0) is 30.3 Å². The molecule has 3 N–H and O–H groups in total. The van der Waals surface area contributed by atoms with E-state index >= 15 is 0 Å². The zero-order chi connectivity index (χ0) is 28.8. The minimum Gasteiger partial charge on any atom is -0.394 e. The van der Waals surface area contributed by atoms with Crippen LogP contribution in [0, 0.1) is 11.6 Å². The van der Waals surface area contributed by atoms with Gasteiger partial charge in [-0.1, -0.05) is 28.4 Å². The van der Waals surface area contributed by atoms with Gasteiger partial charge in [-0.2, -0.15) is 13.2 Å². The number of aliphatic hydroxyl groups is 3. The Morgan fingerprint density at radius 2 is 1.77 bits per heavy atom. The van der Waals surface area contributed by atoms with E-state index in [-0.39, 0.29) is 16.3 Å². The van der Waals surface area contributed by atoms with Gasteiger partial charge in [0.1, 0.15) is 46.7 Å². The highest BCUT2D eigenvalue weighted by Crippen LogP contribution is 2.39. The van der Waals surface area contributed by atoms with E-state index in [4.69, 9.17) is 27.9 Å². The Balaban J connectivity index is 1.69. The van der Waals surface area contributed by atoms with Crippen molar-refractivity contribution in [3.8, 4) is 11.3 Å². The minimum absolute atomic E-state index is 0.0941. The maximum absolute atomic E-state index is 13.9. The first-order chi connectivity index (χ1) is 18.2. The molecule has 2 heterocycles. The fraction of sp³-hybridized carbons (Fsp3) is 0.348. The van der Waals surface area contributed by atoms with Gasteiger partial charge in [-0.3, -0.25) is 4.79 Å². The lowest BCUT2D eigenvalue weighted by Crippen LogP contribution is -2.60. The summed E-state index contributed by atoms with van der Waals surface area (Å²) in [7, 11) is 1.00. The Morgan fingerprint density at radius 3 is 2.36 bits per heavy atom. The molecule has 4 rings (SSSR count). The number of hydrogen-bond acceptors (Lipinski definition) is 7. The number of aliphatic hydroxyl groups excluding tert-OH is 3. The molecule has 0 saturated carbocycles. The van der Waals surface area contributed by atoms with Gasteiger partial charge in [0.25, 0.3) is 5.91 Å². The van der Waals surface area contributed by atoms with Gasteiger partial charge < -0.3 is 25.0 Å². The molecule has 0 aliphatic carbocycles. The van der Waals surface area contributed by atoms with E-state index in [0.29, 0.717) is 11.0 Å². The molecule has 2 aromatic carbocycles. The standard InChI is InChI=1S/C23H19Cl2F5N4O5/c1-33(15-6-10(24)2-3-11(15)23(28,29)30)22(38)21-20(37)18(19(36)16(8-35)39-21)34-7-14(31-32-34)9-4-12(26)17(25)13(27)5-9/h2-7,16,18-21,35-37H,8H2,1H3/t16-,18+,19+,20-,21?/m1/s1. The molecule has 16 heteroatoms. The van der Waals surface area contributed by atoms with Crippen molar-refractivity contribution in [2.45, 2.75) is 36.6 Å². The fourth-order valence-corrected chi connectivity index (χ4v) is 4.48. The second-order valence-electron chi connectivity index (χ2n) is 8.64. The summed E-state index contributed by atoms with van der Waals surface area (Å²) in [6, 6.07) is 2.80. The number of anilines is 1.